The second-order valence-electron chi connectivity index (χ2n) is 9.20. The lowest BCUT2D eigenvalue weighted by atomic mass is 10.00. The van der Waals surface area contributed by atoms with Gasteiger partial charge in [-0.1, -0.05) is 109 Å². The molecule has 0 saturated carbocycles. The molecule has 3 nitrogen and oxygen atoms in total. The van der Waals surface area contributed by atoms with Gasteiger partial charge in [-0.2, -0.15) is 0 Å². The molecule has 0 aliphatic heterocycles. The normalized spacial score (nSPS) is 11.2. The monoisotopic (exact) mass is 473 g/mol. The predicted molar refractivity (Wildman–Crippen MR) is 153 cm³/mol. The summed E-state index contributed by atoms with van der Waals surface area (Å²) in [6, 6.07) is 46.3. The van der Waals surface area contributed by atoms with E-state index in [2.05, 4.69) is 102 Å². The Labute approximate surface area is 215 Å². The van der Waals surface area contributed by atoms with E-state index in [1.54, 1.807) is 0 Å². The Morgan fingerprint density at radius 3 is 1.65 bits per heavy atom. The van der Waals surface area contributed by atoms with Gasteiger partial charge in [-0.3, -0.25) is 0 Å². The van der Waals surface area contributed by atoms with Gasteiger partial charge in [0.2, 0.25) is 0 Å². The minimum atomic E-state index is 0.728. The van der Waals surface area contributed by atoms with Crippen molar-refractivity contribution in [1.29, 1.82) is 0 Å². The second-order valence-corrected chi connectivity index (χ2v) is 9.20. The van der Waals surface area contributed by atoms with Crippen LogP contribution in [0.25, 0.3) is 66.8 Å². The second kappa shape index (κ2) is 8.89. The number of benzene rings is 5. The first kappa shape index (κ1) is 21.3. The maximum Gasteiger partial charge on any atom is 0.160 e. The molecular weight excluding hydrogens is 450 g/mol. The van der Waals surface area contributed by atoms with Crippen molar-refractivity contribution in [1.82, 2.24) is 15.0 Å². The summed E-state index contributed by atoms with van der Waals surface area (Å²) in [4.78, 5) is 13.4. The molecule has 7 rings (SSSR count). The van der Waals surface area contributed by atoms with Gasteiger partial charge in [-0.05, 0) is 35.4 Å². The van der Waals surface area contributed by atoms with Gasteiger partial charge in [-0.15, -0.1) is 0 Å². The van der Waals surface area contributed by atoms with Gasteiger partial charge in [-0.25, -0.2) is 9.97 Å². The van der Waals surface area contributed by atoms with Crippen LogP contribution in [0.5, 0.6) is 0 Å². The molecule has 37 heavy (non-hydrogen) atoms. The van der Waals surface area contributed by atoms with Crippen LogP contribution in [0.15, 0.2) is 133 Å². The van der Waals surface area contributed by atoms with E-state index in [-0.39, 0.29) is 0 Å². The number of aromatic nitrogens is 3. The molecule has 0 radical (unpaired) electrons. The van der Waals surface area contributed by atoms with Crippen molar-refractivity contribution in [2.24, 2.45) is 0 Å². The van der Waals surface area contributed by atoms with Crippen molar-refractivity contribution >= 4 is 21.8 Å². The Kier molecular flexibility index (Phi) is 5.11. The molecule has 0 amide bonds. The van der Waals surface area contributed by atoms with E-state index in [9.17, 15) is 0 Å². The van der Waals surface area contributed by atoms with Crippen LogP contribution in [0.2, 0.25) is 0 Å². The average Bonchev–Trinajstić information content (AvgIpc) is 3.36. The molecule has 0 bridgehead atoms. The first-order chi connectivity index (χ1) is 18.3. The molecular formula is C34H23N3. The van der Waals surface area contributed by atoms with Gasteiger partial charge in [0, 0.05) is 38.5 Å². The molecule has 5 aromatic carbocycles. The van der Waals surface area contributed by atoms with Crippen LogP contribution < -0.4 is 0 Å². The third-order valence-corrected chi connectivity index (χ3v) is 6.85. The fourth-order valence-corrected chi connectivity index (χ4v) is 4.93. The fourth-order valence-electron chi connectivity index (χ4n) is 4.93. The third-order valence-electron chi connectivity index (χ3n) is 6.85. The number of nitrogens with zero attached hydrogens (tertiary/aromatic N) is 2. The van der Waals surface area contributed by atoms with Gasteiger partial charge < -0.3 is 4.98 Å². The van der Waals surface area contributed by atoms with Gasteiger partial charge in [0.1, 0.15) is 0 Å². The highest BCUT2D eigenvalue weighted by molar-refractivity contribution is 6.08. The number of para-hydroxylation sites is 1. The van der Waals surface area contributed by atoms with Crippen LogP contribution in [0, 0.1) is 0 Å². The van der Waals surface area contributed by atoms with E-state index < -0.39 is 0 Å². The standard InChI is InChI=1S/C34H23N3/c1-3-9-24(10-4-1)32-22-33(37-34(36-32)26-11-5-2-6-12-26)25-17-15-23(16-18-25)27-19-20-31-29(21-27)28-13-7-8-14-30(28)35-31/h1-22,35H. The minimum Gasteiger partial charge on any atom is -0.355 e. The SMILES string of the molecule is c1ccc(-c2cc(-c3ccc(-c4ccc5[nH]c6ccccc6c5c4)cc3)nc(-c3ccccc3)n2)cc1. The maximum atomic E-state index is 4.95. The van der Waals surface area contributed by atoms with Crippen molar-refractivity contribution in [3.05, 3.63) is 133 Å². The molecule has 0 atom stereocenters. The van der Waals surface area contributed by atoms with E-state index in [1.807, 2.05) is 36.4 Å². The van der Waals surface area contributed by atoms with Crippen LogP contribution in [0.4, 0.5) is 0 Å². The van der Waals surface area contributed by atoms with Crippen LogP contribution in [0.1, 0.15) is 0 Å². The van der Waals surface area contributed by atoms with Gasteiger partial charge >= 0.3 is 0 Å². The molecule has 0 unspecified atom stereocenters. The number of nitrogens with one attached hydrogen (secondary N) is 1. The highest BCUT2D eigenvalue weighted by Crippen LogP contribution is 2.32. The van der Waals surface area contributed by atoms with Crippen LogP contribution in [-0.4, -0.2) is 15.0 Å². The zero-order valence-electron chi connectivity index (χ0n) is 20.1. The molecule has 2 aromatic heterocycles. The zero-order chi connectivity index (χ0) is 24.6. The van der Waals surface area contributed by atoms with Crippen LogP contribution in [-0.2, 0) is 0 Å². The first-order valence-electron chi connectivity index (χ1n) is 12.4. The first-order valence-corrected chi connectivity index (χ1v) is 12.4. The molecule has 0 saturated heterocycles. The summed E-state index contributed by atoms with van der Waals surface area (Å²) in [6.07, 6.45) is 0. The number of hydrogen-bond acceptors (Lipinski definition) is 2. The largest absolute Gasteiger partial charge is 0.355 e. The van der Waals surface area contributed by atoms with E-state index in [0.717, 1.165) is 44.9 Å². The highest BCUT2D eigenvalue weighted by Gasteiger charge is 2.11. The molecule has 0 spiro atoms. The lowest BCUT2D eigenvalue weighted by Crippen LogP contribution is -1.95. The Bertz CT molecular complexity index is 1790. The van der Waals surface area contributed by atoms with E-state index in [4.69, 9.17) is 9.97 Å². The summed E-state index contributed by atoms with van der Waals surface area (Å²) in [6.45, 7) is 0. The number of aromatic amines is 1. The Hall–Kier alpha value is -5.02. The van der Waals surface area contributed by atoms with Crippen molar-refractivity contribution in [2.75, 3.05) is 0 Å². The highest BCUT2D eigenvalue weighted by atomic mass is 14.9. The maximum absolute atomic E-state index is 4.95. The molecule has 0 aliphatic rings. The number of fused-ring (bicyclic) bond motifs is 3. The summed E-state index contributed by atoms with van der Waals surface area (Å²) < 4.78 is 0. The Balaban J connectivity index is 1.30. The summed E-state index contributed by atoms with van der Waals surface area (Å²) in [5, 5.41) is 2.49. The molecule has 2 heterocycles. The van der Waals surface area contributed by atoms with E-state index in [0.29, 0.717) is 0 Å². The van der Waals surface area contributed by atoms with Crippen molar-refractivity contribution in [2.45, 2.75) is 0 Å². The van der Waals surface area contributed by atoms with Crippen molar-refractivity contribution in [3.8, 4) is 45.0 Å². The van der Waals surface area contributed by atoms with E-state index in [1.165, 1.54) is 21.9 Å². The Morgan fingerprint density at radius 2 is 0.919 bits per heavy atom. The van der Waals surface area contributed by atoms with Gasteiger partial charge in [0.05, 0.1) is 11.4 Å². The average molecular weight is 474 g/mol. The van der Waals surface area contributed by atoms with Gasteiger partial charge in [0.25, 0.3) is 0 Å². The molecule has 3 heteroatoms. The number of rotatable bonds is 4. The summed E-state index contributed by atoms with van der Waals surface area (Å²) >= 11 is 0. The predicted octanol–water partition coefficient (Wildman–Crippen LogP) is 8.78. The summed E-state index contributed by atoms with van der Waals surface area (Å²) in [7, 11) is 0. The Morgan fingerprint density at radius 1 is 0.378 bits per heavy atom. The molecule has 174 valence electrons. The minimum absolute atomic E-state index is 0.728. The van der Waals surface area contributed by atoms with Crippen LogP contribution >= 0.6 is 0 Å². The molecule has 7 aromatic rings. The topological polar surface area (TPSA) is 41.6 Å². The lowest BCUT2D eigenvalue weighted by molar-refractivity contribution is 1.18. The molecule has 0 fully saturated rings. The molecule has 0 aliphatic carbocycles. The van der Waals surface area contributed by atoms with Crippen molar-refractivity contribution < 1.29 is 0 Å². The van der Waals surface area contributed by atoms with Gasteiger partial charge in [0.15, 0.2) is 5.82 Å². The van der Waals surface area contributed by atoms with Crippen molar-refractivity contribution in [3.63, 3.8) is 0 Å². The zero-order valence-corrected chi connectivity index (χ0v) is 20.1. The fraction of sp³-hybridized carbons (Fsp3) is 0. The summed E-state index contributed by atoms with van der Waals surface area (Å²) in [5.41, 5.74) is 9.66. The number of H-pyrrole nitrogens is 1. The summed E-state index contributed by atoms with van der Waals surface area (Å²) in [5.74, 6) is 0.728. The molecule has 1 N–H and O–H groups in total. The third kappa shape index (κ3) is 3.97. The smallest absolute Gasteiger partial charge is 0.160 e. The van der Waals surface area contributed by atoms with Crippen LogP contribution in [0.3, 0.4) is 0 Å². The number of hydrogen-bond donors (Lipinski definition) is 1. The lowest BCUT2D eigenvalue weighted by Gasteiger charge is -2.10. The quantitative estimate of drug-likeness (QED) is 0.277. The van der Waals surface area contributed by atoms with E-state index >= 15 is 0 Å².